The van der Waals surface area contributed by atoms with Gasteiger partial charge in [0.05, 0.1) is 0 Å². The summed E-state index contributed by atoms with van der Waals surface area (Å²) in [6.45, 7) is 2.28. The van der Waals surface area contributed by atoms with Gasteiger partial charge in [0.15, 0.2) is 13.2 Å². The molecule has 3 rings (SSSR count). The summed E-state index contributed by atoms with van der Waals surface area (Å²) in [6.07, 6.45) is 1.16. The fraction of sp³-hybridized carbons (Fsp3) is 0.348. The Hall–Kier alpha value is -3.35. The monoisotopic (exact) mass is 410 g/mol. The van der Waals surface area contributed by atoms with Gasteiger partial charge in [-0.1, -0.05) is 30.3 Å². The van der Waals surface area contributed by atoms with Gasteiger partial charge in [-0.25, -0.2) is 4.79 Å². The van der Waals surface area contributed by atoms with Crippen LogP contribution in [0.3, 0.4) is 0 Å². The lowest BCUT2D eigenvalue weighted by Gasteiger charge is -2.31. The first-order valence-corrected chi connectivity index (χ1v) is 10.00. The zero-order valence-corrected chi connectivity index (χ0v) is 17.0. The van der Waals surface area contributed by atoms with Gasteiger partial charge in [0, 0.05) is 24.7 Å². The van der Waals surface area contributed by atoms with Crippen LogP contribution in [0.15, 0.2) is 54.6 Å². The van der Waals surface area contributed by atoms with E-state index in [0.717, 1.165) is 11.3 Å². The highest BCUT2D eigenvalue weighted by Crippen LogP contribution is 2.19. The van der Waals surface area contributed by atoms with E-state index in [-0.39, 0.29) is 30.9 Å². The van der Waals surface area contributed by atoms with E-state index in [1.807, 2.05) is 55.5 Å². The molecule has 2 amide bonds. The molecule has 1 saturated heterocycles. The number of aryl methyl sites for hydroxylation is 1. The van der Waals surface area contributed by atoms with E-state index in [9.17, 15) is 14.4 Å². The SMILES string of the molecule is Cc1cccc(OCC(=O)OCC(=O)N2CCC(C(=O)Nc3ccccc3)CC2)c1. The minimum atomic E-state index is -0.595. The fourth-order valence-electron chi connectivity index (χ4n) is 3.28. The predicted molar refractivity (Wildman–Crippen MR) is 112 cm³/mol. The third kappa shape index (κ3) is 6.34. The number of ether oxygens (including phenoxy) is 2. The summed E-state index contributed by atoms with van der Waals surface area (Å²) in [5, 5.41) is 2.90. The fourth-order valence-corrected chi connectivity index (χ4v) is 3.28. The number of likely N-dealkylation sites (tertiary alicyclic amines) is 1. The van der Waals surface area contributed by atoms with Gasteiger partial charge in [-0.15, -0.1) is 0 Å². The number of amides is 2. The van der Waals surface area contributed by atoms with Crippen molar-refractivity contribution in [1.29, 1.82) is 0 Å². The number of piperidine rings is 1. The van der Waals surface area contributed by atoms with Crippen LogP contribution in [0.5, 0.6) is 5.75 Å². The quantitative estimate of drug-likeness (QED) is 0.710. The predicted octanol–water partition coefficient (Wildman–Crippen LogP) is 2.79. The number of hydrogen-bond donors (Lipinski definition) is 1. The average Bonchev–Trinajstić information content (AvgIpc) is 2.77. The third-order valence-corrected chi connectivity index (χ3v) is 4.96. The molecule has 7 nitrogen and oxygen atoms in total. The van der Waals surface area contributed by atoms with Gasteiger partial charge in [-0.3, -0.25) is 9.59 Å². The highest BCUT2D eigenvalue weighted by molar-refractivity contribution is 5.92. The molecule has 2 aromatic rings. The van der Waals surface area contributed by atoms with Crippen molar-refractivity contribution in [3.63, 3.8) is 0 Å². The maximum atomic E-state index is 12.4. The van der Waals surface area contributed by atoms with Crippen molar-refractivity contribution >= 4 is 23.5 Å². The molecule has 0 bridgehead atoms. The molecule has 1 aliphatic rings. The molecule has 30 heavy (non-hydrogen) atoms. The van der Waals surface area contributed by atoms with Crippen LogP contribution in [-0.2, 0) is 19.1 Å². The zero-order chi connectivity index (χ0) is 21.3. The largest absolute Gasteiger partial charge is 0.482 e. The standard InChI is InChI=1S/C23H26N2O5/c1-17-6-5-9-20(14-17)29-16-22(27)30-15-21(26)25-12-10-18(11-13-25)23(28)24-19-7-3-2-4-8-19/h2-9,14,18H,10-13,15-16H2,1H3,(H,24,28). The first kappa shape index (κ1) is 21.4. The molecule has 1 fully saturated rings. The van der Waals surface area contributed by atoms with E-state index >= 15 is 0 Å². The lowest BCUT2D eigenvalue weighted by atomic mass is 9.95. The Labute approximate surface area is 176 Å². The van der Waals surface area contributed by atoms with Crippen molar-refractivity contribution in [3.8, 4) is 5.75 Å². The molecule has 0 saturated carbocycles. The first-order chi connectivity index (χ1) is 14.5. The van der Waals surface area contributed by atoms with Crippen molar-refractivity contribution in [2.24, 2.45) is 5.92 Å². The lowest BCUT2D eigenvalue weighted by Crippen LogP contribution is -2.43. The van der Waals surface area contributed by atoms with Gasteiger partial charge in [0.25, 0.3) is 5.91 Å². The van der Waals surface area contributed by atoms with Crippen LogP contribution in [0.1, 0.15) is 18.4 Å². The second-order valence-electron chi connectivity index (χ2n) is 7.28. The summed E-state index contributed by atoms with van der Waals surface area (Å²) in [5.41, 5.74) is 1.79. The van der Waals surface area contributed by atoms with Gasteiger partial charge >= 0.3 is 5.97 Å². The topological polar surface area (TPSA) is 84.9 Å². The number of esters is 1. The number of para-hydroxylation sites is 1. The number of anilines is 1. The van der Waals surface area contributed by atoms with Gasteiger partial charge in [-0.05, 0) is 49.6 Å². The molecule has 1 heterocycles. The lowest BCUT2D eigenvalue weighted by molar-refractivity contribution is -0.154. The Bertz CT molecular complexity index is 876. The Morgan fingerprint density at radius 3 is 2.43 bits per heavy atom. The second kappa shape index (κ2) is 10.4. The molecule has 0 radical (unpaired) electrons. The Kier molecular flexibility index (Phi) is 7.43. The molecular formula is C23H26N2O5. The first-order valence-electron chi connectivity index (χ1n) is 10.00. The summed E-state index contributed by atoms with van der Waals surface area (Å²) >= 11 is 0. The zero-order valence-electron chi connectivity index (χ0n) is 17.0. The number of carbonyl (C=O) groups is 3. The summed E-state index contributed by atoms with van der Waals surface area (Å²) in [4.78, 5) is 38.1. The Morgan fingerprint density at radius 1 is 1.00 bits per heavy atom. The number of carbonyl (C=O) groups excluding carboxylic acids is 3. The van der Waals surface area contributed by atoms with Crippen molar-refractivity contribution in [2.75, 3.05) is 31.6 Å². The number of benzene rings is 2. The van der Waals surface area contributed by atoms with Crippen LogP contribution in [0.2, 0.25) is 0 Å². The van der Waals surface area contributed by atoms with E-state index in [1.165, 1.54) is 0 Å². The van der Waals surface area contributed by atoms with Crippen LogP contribution >= 0.6 is 0 Å². The number of nitrogens with zero attached hydrogens (tertiary/aromatic N) is 1. The third-order valence-electron chi connectivity index (χ3n) is 4.96. The maximum Gasteiger partial charge on any atom is 0.344 e. The summed E-state index contributed by atoms with van der Waals surface area (Å²) < 4.78 is 10.4. The molecule has 0 aromatic heterocycles. The molecule has 0 aliphatic carbocycles. The van der Waals surface area contributed by atoms with Gasteiger partial charge in [0.2, 0.25) is 5.91 Å². The Balaban J connectivity index is 1.35. The van der Waals surface area contributed by atoms with Crippen LogP contribution < -0.4 is 10.1 Å². The molecule has 0 spiro atoms. The summed E-state index contributed by atoms with van der Waals surface area (Å²) in [7, 11) is 0. The molecule has 1 N–H and O–H groups in total. The minimum Gasteiger partial charge on any atom is -0.482 e. The van der Waals surface area contributed by atoms with E-state index < -0.39 is 5.97 Å². The van der Waals surface area contributed by atoms with Crippen molar-refractivity contribution in [3.05, 3.63) is 60.2 Å². The molecule has 7 heteroatoms. The van der Waals surface area contributed by atoms with Gasteiger partial charge in [-0.2, -0.15) is 0 Å². The number of rotatable bonds is 7. The molecule has 0 unspecified atom stereocenters. The van der Waals surface area contributed by atoms with Crippen LogP contribution in [0.25, 0.3) is 0 Å². The second-order valence-corrected chi connectivity index (χ2v) is 7.28. The van der Waals surface area contributed by atoms with E-state index in [4.69, 9.17) is 9.47 Å². The van der Waals surface area contributed by atoms with Crippen molar-refractivity contribution in [1.82, 2.24) is 4.90 Å². The molecule has 0 atom stereocenters. The van der Waals surface area contributed by atoms with E-state index in [2.05, 4.69) is 5.32 Å². The van der Waals surface area contributed by atoms with Crippen molar-refractivity contribution in [2.45, 2.75) is 19.8 Å². The van der Waals surface area contributed by atoms with Gasteiger partial charge < -0.3 is 19.7 Å². The summed E-state index contributed by atoms with van der Waals surface area (Å²) in [6, 6.07) is 16.6. The molecular weight excluding hydrogens is 384 g/mol. The Morgan fingerprint density at radius 2 is 1.73 bits per heavy atom. The van der Waals surface area contributed by atoms with Crippen LogP contribution in [0, 0.1) is 12.8 Å². The number of nitrogens with one attached hydrogen (secondary N) is 1. The number of hydrogen-bond acceptors (Lipinski definition) is 5. The summed E-state index contributed by atoms with van der Waals surface area (Å²) in [5.74, 6) is -0.454. The molecule has 2 aromatic carbocycles. The highest BCUT2D eigenvalue weighted by atomic mass is 16.6. The van der Waals surface area contributed by atoms with E-state index in [1.54, 1.807) is 11.0 Å². The molecule has 158 valence electrons. The average molecular weight is 410 g/mol. The maximum absolute atomic E-state index is 12.4. The van der Waals surface area contributed by atoms with E-state index in [0.29, 0.717) is 31.7 Å². The smallest absolute Gasteiger partial charge is 0.344 e. The normalized spacial score (nSPS) is 14.1. The van der Waals surface area contributed by atoms with Crippen LogP contribution in [-0.4, -0.2) is 49.0 Å². The van der Waals surface area contributed by atoms with Gasteiger partial charge in [0.1, 0.15) is 5.75 Å². The molecule has 1 aliphatic heterocycles. The highest BCUT2D eigenvalue weighted by Gasteiger charge is 2.27. The van der Waals surface area contributed by atoms with Crippen molar-refractivity contribution < 1.29 is 23.9 Å². The minimum absolute atomic E-state index is 0.0342. The van der Waals surface area contributed by atoms with Crippen LogP contribution in [0.4, 0.5) is 5.69 Å².